The number of esters is 1. The van der Waals surface area contributed by atoms with Crippen molar-refractivity contribution in [3.05, 3.63) is 34.1 Å². The zero-order valence-electron chi connectivity index (χ0n) is 9.62. The number of benzene rings is 1. The van der Waals surface area contributed by atoms with Gasteiger partial charge in [-0.05, 0) is 26.0 Å². The largest absolute Gasteiger partial charge is 0.493 e. The molecule has 0 amide bonds. The number of carbonyl (C=O) groups excluding carboxylic acids is 1. The highest BCUT2D eigenvalue weighted by Crippen LogP contribution is 2.33. The summed E-state index contributed by atoms with van der Waals surface area (Å²) in [4.78, 5) is 14.9. The second kappa shape index (κ2) is 6.12. The van der Waals surface area contributed by atoms with Crippen molar-refractivity contribution in [1.82, 2.24) is 0 Å². The summed E-state index contributed by atoms with van der Waals surface area (Å²) in [5.41, 5.74) is 0.433. The Balaban J connectivity index is 3.24. The van der Waals surface area contributed by atoms with Crippen LogP contribution < -0.4 is 4.74 Å². The molecule has 4 nitrogen and oxygen atoms in total. The van der Waals surface area contributed by atoms with Crippen LogP contribution in [-0.2, 0) is 4.74 Å². The molecule has 17 heavy (non-hydrogen) atoms. The van der Waals surface area contributed by atoms with E-state index < -0.39 is 5.97 Å². The van der Waals surface area contributed by atoms with Crippen LogP contribution in [0.3, 0.4) is 0 Å². The maximum absolute atomic E-state index is 11.7. The van der Waals surface area contributed by atoms with E-state index in [4.69, 9.17) is 27.6 Å². The van der Waals surface area contributed by atoms with E-state index in [2.05, 4.69) is 4.85 Å². The molecule has 5 heteroatoms. The van der Waals surface area contributed by atoms with Crippen molar-refractivity contribution in [1.29, 1.82) is 0 Å². The number of hydrogen-bond acceptors (Lipinski definition) is 3. The third-order valence-corrected chi connectivity index (χ3v) is 2.27. The van der Waals surface area contributed by atoms with Gasteiger partial charge in [-0.25, -0.2) is 9.64 Å². The molecule has 0 atom stereocenters. The highest BCUT2D eigenvalue weighted by molar-refractivity contribution is 6.33. The van der Waals surface area contributed by atoms with Gasteiger partial charge >= 0.3 is 5.97 Å². The van der Waals surface area contributed by atoms with Gasteiger partial charge in [-0.2, -0.15) is 0 Å². The smallest absolute Gasteiger partial charge is 0.340 e. The lowest BCUT2D eigenvalue weighted by atomic mass is 10.2. The molecular weight excluding hydrogens is 242 g/mol. The Morgan fingerprint density at radius 2 is 2.12 bits per heavy atom. The van der Waals surface area contributed by atoms with E-state index in [0.717, 1.165) is 0 Å². The normalized spacial score (nSPS) is 9.53. The molecule has 1 aromatic rings. The topological polar surface area (TPSA) is 39.9 Å². The van der Waals surface area contributed by atoms with Crippen LogP contribution in [-0.4, -0.2) is 19.2 Å². The van der Waals surface area contributed by atoms with Crippen LogP contribution in [0.25, 0.3) is 4.85 Å². The molecule has 0 saturated heterocycles. The van der Waals surface area contributed by atoms with E-state index in [9.17, 15) is 4.79 Å². The second-order valence-corrected chi connectivity index (χ2v) is 3.47. The quantitative estimate of drug-likeness (QED) is 0.609. The van der Waals surface area contributed by atoms with Crippen molar-refractivity contribution >= 4 is 23.3 Å². The number of hydrogen-bond donors (Lipinski definition) is 0. The summed E-state index contributed by atoms with van der Waals surface area (Å²) in [7, 11) is 0. The minimum Gasteiger partial charge on any atom is -0.493 e. The Bertz CT molecular complexity index is 466. The molecule has 0 N–H and O–H groups in total. The predicted octanol–water partition coefficient (Wildman–Crippen LogP) is 3.47. The van der Waals surface area contributed by atoms with Gasteiger partial charge in [-0.15, -0.1) is 0 Å². The van der Waals surface area contributed by atoms with Gasteiger partial charge in [0, 0.05) is 0 Å². The average molecular weight is 254 g/mol. The van der Waals surface area contributed by atoms with Crippen LogP contribution in [0.5, 0.6) is 5.75 Å². The lowest BCUT2D eigenvalue weighted by Crippen LogP contribution is -2.07. The maximum Gasteiger partial charge on any atom is 0.340 e. The fourth-order valence-electron chi connectivity index (χ4n) is 1.27. The lowest BCUT2D eigenvalue weighted by Gasteiger charge is -2.10. The van der Waals surface area contributed by atoms with E-state index in [1.54, 1.807) is 13.8 Å². The van der Waals surface area contributed by atoms with Crippen LogP contribution in [0.1, 0.15) is 24.2 Å². The van der Waals surface area contributed by atoms with E-state index in [1.807, 2.05) is 0 Å². The average Bonchev–Trinajstić information content (AvgIpc) is 2.30. The van der Waals surface area contributed by atoms with Crippen molar-refractivity contribution in [2.75, 3.05) is 13.2 Å². The fraction of sp³-hybridized carbons (Fsp3) is 0.333. The summed E-state index contributed by atoms with van der Waals surface area (Å²) in [6.45, 7) is 11.1. The minimum absolute atomic E-state index is 0.207. The Kier molecular flexibility index (Phi) is 4.80. The van der Waals surface area contributed by atoms with Crippen molar-refractivity contribution in [3.8, 4) is 5.75 Å². The van der Waals surface area contributed by atoms with Crippen LogP contribution in [0, 0.1) is 6.57 Å². The summed E-state index contributed by atoms with van der Waals surface area (Å²) >= 11 is 5.87. The molecule has 0 heterocycles. The van der Waals surface area contributed by atoms with Gasteiger partial charge in [0.05, 0.1) is 30.4 Å². The number of nitrogens with zero attached hydrogens (tertiary/aromatic N) is 1. The molecule has 0 unspecified atom stereocenters. The van der Waals surface area contributed by atoms with Crippen molar-refractivity contribution in [3.63, 3.8) is 0 Å². The molecule has 0 aliphatic rings. The summed E-state index contributed by atoms with van der Waals surface area (Å²) < 4.78 is 10.2. The number of ether oxygens (including phenoxy) is 2. The molecule has 0 spiro atoms. The first-order valence-electron chi connectivity index (χ1n) is 5.14. The third kappa shape index (κ3) is 3.11. The van der Waals surface area contributed by atoms with Crippen LogP contribution >= 0.6 is 11.6 Å². The van der Waals surface area contributed by atoms with Crippen LogP contribution in [0.4, 0.5) is 5.69 Å². The lowest BCUT2D eigenvalue weighted by molar-refractivity contribution is 0.0522. The predicted molar refractivity (Wildman–Crippen MR) is 64.8 cm³/mol. The standard InChI is InChI=1S/C12H12ClNO3/c1-4-16-11-7-9(13)10(14-3)6-8(11)12(15)17-5-2/h6-7H,4-5H2,1-2H3. The highest BCUT2D eigenvalue weighted by atomic mass is 35.5. The Labute approximate surface area is 105 Å². The molecule has 90 valence electrons. The van der Waals surface area contributed by atoms with Crippen LogP contribution in [0.2, 0.25) is 5.02 Å². The zero-order chi connectivity index (χ0) is 12.8. The van der Waals surface area contributed by atoms with Gasteiger partial charge < -0.3 is 9.47 Å². The van der Waals surface area contributed by atoms with Crippen molar-refractivity contribution < 1.29 is 14.3 Å². The molecule has 0 aliphatic carbocycles. The summed E-state index contributed by atoms with van der Waals surface area (Å²) in [5, 5.41) is 0.261. The molecule has 1 aromatic carbocycles. The van der Waals surface area contributed by atoms with Gasteiger partial charge in [-0.1, -0.05) is 11.6 Å². The SMILES string of the molecule is [C-]#[N+]c1cc(C(=O)OCC)c(OCC)cc1Cl. The van der Waals surface area contributed by atoms with Crippen molar-refractivity contribution in [2.45, 2.75) is 13.8 Å². The van der Waals surface area contributed by atoms with E-state index in [1.165, 1.54) is 12.1 Å². The second-order valence-electron chi connectivity index (χ2n) is 3.07. The number of rotatable bonds is 4. The van der Waals surface area contributed by atoms with Gasteiger partial charge in [0.15, 0.2) is 0 Å². The molecule has 0 radical (unpaired) electrons. The van der Waals surface area contributed by atoms with E-state index in [-0.39, 0.29) is 22.9 Å². The van der Waals surface area contributed by atoms with Crippen molar-refractivity contribution in [2.24, 2.45) is 0 Å². The molecular formula is C12H12ClNO3. The Hall–Kier alpha value is -1.73. The molecule has 0 saturated carbocycles. The maximum atomic E-state index is 11.7. The van der Waals surface area contributed by atoms with E-state index in [0.29, 0.717) is 12.4 Å². The molecule has 0 aliphatic heterocycles. The van der Waals surface area contributed by atoms with Crippen LogP contribution in [0.15, 0.2) is 12.1 Å². The van der Waals surface area contributed by atoms with Gasteiger partial charge in [-0.3, -0.25) is 0 Å². The molecule has 1 rings (SSSR count). The van der Waals surface area contributed by atoms with E-state index >= 15 is 0 Å². The summed E-state index contributed by atoms with van der Waals surface area (Å²) in [6.07, 6.45) is 0. The third-order valence-electron chi connectivity index (χ3n) is 1.96. The van der Waals surface area contributed by atoms with Gasteiger partial charge in [0.25, 0.3) is 0 Å². The zero-order valence-corrected chi connectivity index (χ0v) is 10.4. The first-order chi connectivity index (χ1) is 8.13. The first-order valence-corrected chi connectivity index (χ1v) is 5.52. The molecule has 0 fully saturated rings. The summed E-state index contributed by atoms with van der Waals surface area (Å²) in [6, 6.07) is 2.85. The highest BCUT2D eigenvalue weighted by Gasteiger charge is 2.17. The minimum atomic E-state index is -0.516. The number of halogens is 1. The monoisotopic (exact) mass is 253 g/mol. The van der Waals surface area contributed by atoms with Gasteiger partial charge in [0.1, 0.15) is 5.75 Å². The molecule has 0 bridgehead atoms. The first kappa shape index (κ1) is 13.3. The molecule has 0 aromatic heterocycles. The number of carbonyl (C=O) groups is 1. The Morgan fingerprint density at radius 3 is 2.65 bits per heavy atom. The Morgan fingerprint density at radius 1 is 1.41 bits per heavy atom. The summed E-state index contributed by atoms with van der Waals surface area (Å²) in [5.74, 6) is -0.180. The fourth-order valence-corrected chi connectivity index (χ4v) is 1.47. The van der Waals surface area contributed by atoms with Gasteiger partial charge in [0.2, 0.25) is 5.69 Å².